The largest absolute Gasteiger partial charge is 0.447 e. The third-order valence-corrected chi connectivity index (χ3v) is 3.81. The van der Waals surface area contributed by atoms with E-state index in [0.717, 1.165) is 5.56 Å². The van der Waals surface area contributed by atoms with Crippen LogP contribution in [0.15, 0.2) is 34.9 Å². The summed E-state index contributed by atoms with van der Waals surface area (Å²) in [6.45, 7) is 3.56. The maximum Gasteiger partial charge on any atom is 0.321 e. The first-order valence-corrected chi connectivity index (χ1v) is 8.11. The average molecular weight is 359 g/mol. The minimum absolute atomic E-state index is 0.0550. The van der Waals surface area contributed by atoms with Crippen molar-refractivity contribution in [3.8, 4) is 0 Å². The molecule has 0 saturated carbocycles. The van der Waals surface area contributed by atoms with Gasteiger partial charge in [-0.15, -0.1) is 0 Å². The zero-order valence-electron chi connectivity index (χ0n) is 14.9. The van der Waals surface area contributed by atoms with Crippen LogP contribution in [0.2, 0.25) is 0 Å². The second-order valence-electron chi connectivity index (χ2n) is 5.65. The third kappa shape index (κ3) is 4.92. The normalized spacial score (nSPS) is 11.5. The number of amides is 3. The molecule has 0 spiro atoms. The van der Waals surface area contributed by atoms with Gasteiger partial charge >= 0.3 is 12.0 Å². The second-order valence-corrected chi connectivity index (χ2v) is 5.65. The van der Waals surface area contributed by atoms with E-state index < -0.39 is 24.0 Å². The van der Waals surface area contributed by atoms with Crippen LogP contribution in [0.25, 0.3) is 0 Å². The van der Waals surface area contributed by atoms with Crippen LogP contribution in [0.1, 0.15) is 35.1 Å². The fraction of sp³-hybridized carbons (Fsp3) is 0.333. The summed E-state index contributed by atoms with van der Waals surface area (Å²) in [5, 5.41) is 8.25. The van der Waals surface area contributed by atoms with E-state index in [9.17, 15) is 14.4 Å². The van der Waals surface area contributed by atoms with E-state index in [1.54, 1.807) is 44.2 Å². The van der Waals surface area contributed by atoms with Crippen molar-refractivity contribution in [3.05, 3.63) is 52.9 Å². The van der Waals surface area contributed by atoms with Crippen LogP contribution in [-0.2, 0) is 20.7 Å². The summed E-state index contributed by atoms with van der Waals surface area (Å²) in [7, 11) is 1.38. The molecule has 0 unspecified atom stereocenters. The van der Waals surface area contributed by atoms with E-state index in [1.807, 2.05) is 0 Å². The van der Waals surface area contributed by atoms with Crippen molar-refractivity contribution in [3.63, 3.8) is 0 Å². The van der Waals surface area contributed by atoms with Gasteiger partial charge in [-0.25, -0.2) is 4.79 Å². The molecule has 0 bridgehead atoms. The summed E-state index contributed by atoms with van der Waals surface area (Å²) in [6.07, 6.45) is -0.774. The highest BCUT2D eigenvalue weighted by Gasteiger charge is 2.26. The monoisotopic (exact) mass is 359 g/mol. The first-order valence-electron chi connectivity index (χ1n) is 8.11. The lowest BCUT2D eigenvalue weighted by atomic mass is 10.1. The van der Waals surface area contributed by atoms with E-state index in [1.165, 1.54) is 7.05 Å². The SMILES string of the molecule is CNC(=O)NC(=O)[C@@H](OC(=O)CCc1c(C)noc1C)c1ccccc1. The molecular weight excluding hydrogens is 338 g/mol. The lowest BCUT2D eigenvalue weighted by Gasteiger charge is -2.17. The molecule has 0 saturated heterocycles. The third-order valence-electron chi connectivity index (χ3n) is 3.81. The lowest BCUT2D eigenvalue weighted by molar-refractivity contribution is -0.156. The van der Waals surface area contributed by atoms with Crippen LogP contribution in [0.4, 0.5) is 4.79 Å². The van der Waals surface area contributed by atoms with E-state index in [4.69, 9.17) is 9.26 Å². The Labute approximate surface area is 150 Å². The molecule has 2 N–H and O–H groups in total. The van der Waals surface area contributed by atoms with E-state index in [2.05, 4.69) is 15.8 Å². The van der Waals surface area contributed by atoms with Gasteiger partial charge in [-0.2, -0.15) is 0 Å². The first-order chi connectivity index (χ1) is 12.4. The molecule has 0 aliphatic rings. The molecule has 2 aromatic rings. The Morgan fingerprint density at radius 2 is 1.88 bits per heavy atom. The van der Waals surface area contributed by atoms with E-state index >= 15 is 0 Å². The maximum atomic E-state index is 12.3. The molecule has 0 aliphatic carbocycles. The molecule has 0 fully saturated rings. The highest BCUT2D eigenvalue weighted by Crippen LogP contribution is 2.20. The number of ether oxygens (including phenoxy) is 1. The number of hydrogen-bond donors (Lipinski definition) is 2. The summed E-state index contributed by atoms with van der Waals surface area (Å²) in [6, 6.07) is 7.82. The fourth-order valence-corrected chi connectivity index (χ4v) is 2.42. The Balaban J connectivity index is 2.07. The highest BCUT2D eigenvalue weighted by atomic mass is 16.5. The molecule has 1 aromatic carbocycles. The topological polar surface area (TPSA) is 111 Å². The number of esters is 1. The summed E-state index contributed by atoms with van der Waals surface area (Å²) >= 11 is 0. The van der Waals surface area contributed by atoms with Crippen molar-refractivity contribution in [2.45, 2.75) is 32.8 Å². The molecule has 1 aromatic heterocycles. The molecule has 8 heteroatoms. The molecule has 2 rings (SSSR count). The number of nitrogens with zero attached hydrogens (tertiary/aromatic N) is 1. The van der Waals surface area contributed by atoms with Crippen LogP contribution in [0, 0.1) is 13.8 Å². The van der Waals surface area contributed by atoms with Gasteiger partial charge in [0.2, 0.25) is 6.10 Å². The van der Waals surface area contributed by atoms with Crippen LogP contribution >= 0.6 is 0 Å². The van der Waals surface area contributed by atoms with Gasteiger partial charge in [-0.05, 0) is 20.3 Å². The minimum atomic E-state index is -1.22. The summed E-state index contributed by atoms with van der Waals surface area (Å²) < 4.78 is 10.4. The molecule has 8 nitrogen and oxygen atoms in total. The van der Waals surface area contributed by atoms with Crippen molar-refractivity contribution >= 4 is 17.9 Å². The second kappa shape index (κ2) is 8.80. The molecule has 0 aliphatic heterocycles. The zero-order valence-corrected chi connectivity index (χ0v) is 14.9. The zero-order chi connectivity index (χ0) is 19.1. The van der Waals surface area contributed by atoms with Gasteiger partial charge in [0.05, 0.1) is 5.69 Å². The van der Waals surface area contributed by atoms with Crippen LogP contribution < -0.4 is 10.6 Å². The smallest absolute Gasteiger partial charge is 0.321 e. The Morgan fingerprint density at radius 3 is 2.46 bits per heavy atom. The van der Waals surface area contributed by atoms with Crippen molar-refractivity contribution < 1.29 is 23.6 Å². The number of aromatic nitrogens is 1. The van der Waals surface area contributed by atoms with Crippen molar-refractivity contribution in [1.29, 1.82) is 0 Å². The van der Waals surface area contributed by atoms with Crippen LogP contribution in [0.3, 0.4) is 0 Å². The van der Waals surface area contributed by atoms with Gasteiger partial charge in [-0.1, -0.05) is 35.5 Å². The number of rotatable bonds is 6. The number of hydrogen-bond acceptors (Lipinski definition) is 6. The number of benzene rings is 1. The minimum Gasteiger partial charge on any atom is -0.447 e. The number of nitrogens with one attached hydrogen (secondary N) is 2. The number of urea groups is 1. The summed E-state index contributed by atoms with van der Waals surface area (Å²) in [5.74, 6) is -0.639. The van der Waals surface area contributed by atoms with Crippen molar-refractivity contribution in [1.82, 2.24) is 15.8 Å². The van der Waals surface area contributed by atoms with Gasteiger partial charge in [0.15, 0.2) is 0 Å². The lowest BCUT2D eigenvalue weighted by Crippen LogP contribution is -2.41. The van der Waals surface area contributed by atoms with E-state index in [-0.39, 0.29) is 6.42 Å². The van der Waals surface area contributed by atoms with Gasteiger partial charge in [0, 0.05) is 24.6 Å². The molecule has 1 atom stereocenters. The van der Waals surface area contributed by atoms with Crippen LogP contribution in [-0.4, -0.2) is 30.1 Å². The Kier molecular flexibility index (Phi) is 6.48. The standard InChI is InChI=1S/C18H21N3O5/c1-11-14(12(2)26-21-11)9-10-15(22)25-16(13-7-5-4-6-8-13)17(23)20-18(24)19-3/h4-8,16H,9-10H2,1-3H3,(H2,19,20,23,24)/t16-/m0/s1. The van der Waals surface area contributed by atoms with Crippen molar-refractivity contribution in [2.75, 3.05) is 7.05 Å². The predicted molar refractivity (Wildman–Crippen MR) is 92.2 cm³/mol. The maximum absolute atomic E-state index is 12.3. The number of carbonyl (C=O) groups is 3. The molecular formula is C18H21N3O5. The predicted octanol–water partition coefficient (Wildman–Crippen LogP) is 1.96. The summed E-state index contributed by atoms with van der Waals surface area (Å²) in [4.78, 5) is 36.0. The first kappa shape index (κ1) is 19.2. The van der Waals surface area contributed by atoms with Gasteiger partial charge < -0.3 is 14.6 Å². The molecule has 138 valence electrons. The molecule has 26 heavy (non-hydrogen) atoms. The summed E-state index contributed by atoms with van der Waals surface area (Å²) in [5.41, 5.74) is 2.03. The van der Waals surface area contributed by atoms with Gasteiger partial charge in [0.1, 0.15) is 5.76 Å². The van der Waals surface area contributed by atoms with Crippen molar-refractivity contribution in [2.24, 2.45) is 0 Å². The number of aryl methyl sites for hydroxylation is 2. The van der Waals surface area contributed by atoms with E-state index in [0.29, 0.717) is 23.4 Å². The van der Waals surface area contributed by atoms with Crippen LogP contribution in [0.5, 0.6) is 0 Å². The number of carbonyl (C=O) groups excluding carboxylic acids is 3. The van der Waals surface area contributed by atoms with Gasteiger partial charge in [0.25, 0.3) is 5.91 Å². The molecule has 3 amide bonds. The fourth-order valence-electron chi connectivity index (χ4n) is 2.42. The molecule has 0 radical (unpaired) electrons. The Bertz CT molecular complexity index is 766. The van der Waals surface area contributed by atoms with Gasteiger partial charge in [-0.3, -0.25) is 14.9 Å². The Hall–Kier alpha value is -3.16. The average Bonchev–Trinajstić information content (AvgIpc) is 2.96. The quantitative estimate of drug-likeness (QED) is 0.763. The highest BCUT2D eigenvalue weighted by molar-refractivity contribution is 5.97. The number of imide groups is 1. The molecule has 1 heterocycles. The Morgan fingerprint density at radius 1 is 1.19 bits per heavy atom.